The zero-order valence-corrected chi connectivity index (χ0v) is 15.0. The summed E-state index contributed by atoms with van der Waals surface area (Å²) >= 11 is 1.16. The number of nitrogens with two attached hydrogens (primary N) is 1. The maximum atomic E-state index is 13.2. The maximum Gasteiger partial charge on any atom is 0.349 e. The molecule has 0 radical (unpaired) electrons. The smallest absolute Gasteiger partial charge is 0.349 e. The molecule has 8 heteroatoms. The molecule has 1 heterocycles. The number of fused-ring (bicyclic) bond motifs is 1. The first-order valence-corrected chi connectivity index (χ1v) is 8.76. The molecule has 3 aromatic rings. The first kappa shape index (κ1) is 18.5. The van der Waals surface area contributed by atoms with Crippen LogP contribution in [0.3, 0.4) is 0 Å². The van der Waals surface area contributed by atoms with Crippen LogP contribution < -0.4 is 11.1 Å². The number of thiophene rings is 1. The number of halogens is 1. The first-order valence-electron chi connectivity index (χ1n) is 7.94. The Labute approximate surface area is 157 Å². The fourth-order valence-electron chi connectivity index (χ4n) is 2.35. The summed E-state index contributed by atoms with van der Waals surface area (Å²) in [6.07, 6.45) is -1.05. The number of primary amides is 1. The van der Waals surface area contributed by atoms with Crippen LogP contribution in [-0.4, -0.2) is 23.9 Å². The lowest BCUT2D eigenvalue weighted by Crippen LogP contribution is -2.29. The van der Waals surface area contributed by atoms with Crippen LogP contribution in [0.5, 0.6) is 0 Å². The number of carbonyl (C=O) groups excluding carboxylic acids is 3. The Morgan fingerprint density at radius 3 is 2.48 bits per heavy atom. The van der Waals surface area contributed by atoms with Gasteiger partial charge in [0.15, 0.2) is 6.10 Å². The van der Waals surface area contributed by atoms with E-state index in [0.29, 0.717) is 16.6 Å². The van der Waals surface area contributed by atoms with Crippen LogP contribution in [0.1, 0.15) is 27.0 Å². The Hall–Kier alpha value is -3.26. The van der Waals surface area contributed by atoms with Gasteiger partial charge in [0.25, 0.3) is 5.91 Å². The Kier molecular flexibility index (Phi) is 5.18. The number of esters is 1. The minimum atomic E-state index is -1.05. The molecule has 27 heavy (non-hydrogen) atoms. The highest BCUT2D eigenvalue weighted by Crippen LogP contribution is 2.27. The Bertz CT molecular complexity index is 1030. The summed E-state index contributed by atoms with van der Waals surface area (Å²) < 4.78 is 19.2. The normalized spacial score (nSPS) is 11.8. The quantitative estimate of drug-likeness (QED) is 0.657. The largest absolute Gasteiger partial charge is 0.448 e. The van der Waals surface area contributed by atoms with Crippen molar-refractivity contribution in [1.82, 2.24) is 0 Å². The summed E-state index contributed by atoms with van der Waals surface area (Å²) in [6, 6.07) is 11.7. The number of amides is 2. The molecule has 0 saturated carbocycles. The summed E-state index contributed by atoms with van der Waals surface area (Å²) in [5.41, 5.74) is 5.91. The lowest BCUT2D eigenvalue weighted by molar-refractivity contribution is -0.123. The van der Waals surface area contributed by atoms with Gasteiger partial charge in [0.2, 0.25) is 5.91 Å². The van der Waals surface area contributed by atoms with Crippen LogP contribution in [-0.2, 0) is 9.53 Å². The van der Waals surface area contributed by atoms with E-state index in [9.17, 15) is 18.8 Å². The number of rotatable bonds is 5. The van der Waals surface area contributed by atoms with Gasteiger partial charge >= 0.3 is 5.97 Å². The van der Waals surface area contributed by atoms with E-state index in [4.69, 9.17) is 10.5 Å². The summed E-state index contributed by atoms with van der Waals surface area (Å²) in [5.74, 6) is -2.15. The number of benzene rings is 2. The molecule has 0 fully saturated rings. The molecule has 0 unspecified atom stereocenters. The van der Waals surface area contributed by atoms with E-state index in [1.807, 2.05) is 0 Å². The standard InChI is InChI=1S/C19H15FN2O4S/c1-10(18(24)22-14-5-2-11(3-6-14)17(21)23)26-19(25)16-9-12-8-13(20)4-7-15(12)27-16/h2-10H,1H3,(H2,21,23)(H,22,24)/t10-/m0/s1. The molecule has 0 aliphatic carbocycles. The number of hydrogen-bond donors (Lipinski definition) is 2. The average molecular weight is 386 g/mol. The summed E-state index contributed by atoms with van der Waals surface area (Å²) in [4.78, 5) is 35.8. The second-order valence-corrected chi connectivity index (χ2v) is 6.85. The molecule has 0 aliphatic heterocycles. The Morgan fingerprint density at radius 2 is 1.81 bits per heavy atom. The molecule has 2 amide bonds. The number of anilines is 1. The monoisotopic (exact) mass is 386 g/mol. The number of ether oxygens (including phenoxy) is 1. The molecule has 138 valence electrons. The van der Waals surface area contributed by atoms with E-state index in [2.05, 4.69) is 5.32 Å². The van der Waals surface area contributed by atoms with E-state index in [1.165, 1.54) is 49.4 Å². The third-order valence-corrected chi connectivity index (χ3v) is 4.87. The van der Waals surface area contributed by atoms with Crippen molar-refractivity contribution in [1.29, 1.82) is 0 Å². The molecular formula is C19H15FN2O4S. The highest BCUT2D eigenvalue weighted by atomic mass is 32.1. The molecule has 3 N–H and O–H groups in total. The van der Waals surface area contributed by atoms with Crippen LogP contribution in [0.25, 0.3) is 10.1 Å². The van der Waals surface area contributed by atoms with Crippen molar-refractivity contribution >= 4 is 44.9 Å². The van der Waals surface area contributed by atoms with Crippen molar-refractivity contribution in [3.63, 3.8) is 0 Å². The van der Waals surface area contributed by atoms with Gasteiger partial charge in [-0.1, -0.05) is 0 Å². The van der Waals surface area contributed by atoms with E-state index >= 15 is 0 Å². The van der Waals surface area contributed by atoms with Gasteiger partial charge in [-0.3, -0.25) is 9.59 Å². The number of carbonyl (C=O) groups is 3. The molecular weight excluding hydrogens is 371 g/mol. The fourth-order valence-corrected chi connectivity index (χ4v) is 3.27. The zero-order chi connectivity index (χ0) is 19.6. The zero-order valence-electron chi connectivity index (χ0n) is 14.2. The van der Waals surface area contributed by atoms with Crippen molar-refractivity contribution < 1.29 is 23.5 Å². The van der Waals surface area contributed by atoms with E-state index < -0.39 is 29.7 Å². The van der Waals surface area contributed by atoms with Gasteiger partial charge in [-0.2, -0.15) is 0 Å². The molecule has 0 spiro atoms. The predicted molar refractivity (Wildman–Crippen MR) is 100 cm³/mol. The van der Waals surface area contributed by atoms with Gasteiger partial charge in [0.1, 0.15) is 10.7 Å². The highest BCUT2D eigenvalue weighted by Gasteiger charge is 2.20. The molecule has 3 rings (SSSR count). The summed E-state index contributed by atoms with van der Waals surface area (Å²) in [7, 11) is 0. The molecule has 1 aromatic heterocycles. The molecule has 0 saturated heterocycles. The lowest BCUT2D eigenvalue weighted by Gasteiger charge is -2.13. The number of hydrogen-bond acceptors (Lipinski definition) is 5. The van der Waals surface area contributed by atoms with Crippen LogP contribution in [0.4, 0.5) is 10.1 Å². The van der Waals surface area contributed by atoms with Gasteiger partial charge in [-0.25, -0.2) is 9.18 Å². The SMILES string of the molecule is C[C@H](OC(=O)c1cc2cc(F)ccc2s1)C(=O)Nc1ccc(C(N)=O)cc1. The van der Waals surface area contributed by atoms with Crippen molar-refractivity contribution in [3.05, 3.63) is 64.8 Å². The Balaban J connectivity index is 1.64. The van der Waals surface area contributed by atoms with Gasteiger partial charge in [-0.05, 0) is 60.8 Å². The topological polar surface area (TPSA) is 98.5 Å². The first-order chi connectivity index (χ1) is 12.8. The fraction of sp³-hybridized carbons (Fsp3) is 0.105. The molecule has 2 aromatic carbocycles. The van der Waals surface area contributed by atoms with Gasteiger partial charge < -0.3 is 15.8 Å². The van der Waals surface area contributed by atoms with E-state index in [-0.39, 0.29) is 4.88 Å². The van der Waals surface area contributed by atoms with Crippen molar-refractivity contribution in [2.45, 2.75) is 13.0 Å². The second-order valence-electron chi connectivity index (χ2n) is 5.77. The van der Waals surface area contributed by atoms with Crippen LogP contribution in [0.15, 0.2) is 48.5 Å². The highest BCUT2D eigenvalue weighted by molar-refractivity contribution is 7.20. The van der Waals surface area contributed by atoms with E-state index in [1.54, 1.807) is 6.07 Å². The summed E-state index contributed by atoms with van der Waals surface area (Å²) in [5, 5.41) is 3.18. The molecule has 1 atom stereocenters. The second kappa shape index (κ2) is 7.55. The van der Waals surface area contributed by atoms with Gasteiger partial charge in [0.05, 0.1) is 0 Å². The minimum Gasteiger partial charge on any atom is -0.448 e. The van der Waals surface area contributed by atoms with Crippen molar-refractivity contribution in [2.24, 2.45) is 5.73 Å². The molecule has 6 nitrogen and oxygen atoms in total. The average Bonchev–Trinajstić information content (AvgIpc) is 3.05. The van der Waals surface area contributed by atoms with Gasteiger partial charge in [-0.15, -0.1) is 11.3 Å². The predicted octanol–water partition coefficient (Wildman–Crippen LogP) is 3.32. The third kappa shape index (κ3) is 4.29. The maximum absolute atomic E-state index is 13.2. The Morgan fingerprint density at radius 1 is 1.11 bits per heavy atom. The van der Waals surface area contributed by atoms with Gasteiger partial charge in [0, 0.05) is 16.0 Å². The van der Waals surface area contributed by atoms with E-state index in [0.717, 1.165) is 16.0 Å². The van der Waals surface area contributed by atoms with Crippen molar-refractivity contribution in [3.8, 4) is 0 Å². The molecule has 0 aliphatic rings. The number of nitrogens with one attached hydrogen (secondary N) is 1. The summed E-state index contributed by atoms with van der Waals surface area (Å²) in [6.45, 7) is 1.44. The van der Waals surface area contributed by atoms with Crippen LogP contribution in [0.2, 0.25) is 0 Å². The minimum absolute atomic E-state index is 0.279. The third-order valence-electron chi connectivity index (χ3n) is 3.77. The van der Waals surface area contributed by atoms with Crippen molar-refractivity contribution in [2.75, 3.05) is 5.32 Å². The van der Waals surface area contributed by atoms with Crippen LogP contribution >= 0.6 is 11.3 Å². The molecule has 0 bridgehead atoms. The van der Waals surface area contributed by atoms with Crippen LogP contribution in [0, 0.1) is 5.82 Å². The lowest BCUT2D eigenvalue weighted by atomic mass is 10.2.